The van der Waals surface area contributed by atoms with Crippen LogP contribution in [-0.4, -0.2) is 89.3 Å². The number of rotatable bonds is 13. The Morgan fingerprint density at radius 3 is 2.44 bits per heavy atom. The zero-order chi connectivity index (χ0) is 52.9. The van der Waals surface area contributed by atoms with Crippen molar-refractivity contribution < 1.29 is 55.7 Å². The highest BCUT2D eigenvalue weighted by Crippen LogP contribution is 2.46. The van der Waals surface area contributed by atoms with E-state index in [4.69, 9.17) is 14.2 Å². The number of benzene rings is 4. The van der Waals surface area contributed by atoms with Crippen molar-refractivity contribution in [3.8, 4) is 28.9 Å². The number of nitrogens with one attached hydrogen (secondary N) is 2. The second kappa shape index (κ2) is 20.0. The van der Waals surface area contributed by atoms with Crippen LogP contribution in [0.5, 0.6) is 28.9 Å². The number of carbonyl (C=O) groups excluding carboxylic acids is 4. The van der Waals surface area contributed by atoms with Gasteiger partial charge in [-0.05, 0) is 117 Å². The number of likely N-dealkylation sites (tertiary alicyclic amines) is 1. The van der Waals surface area contributed by atoms with E-state index >= 15 is 4.39 Å². The van der Waals surface area contributed by atoms with Crippen LogP contribution in [-0.2, 0) is 27.9 Å². The molecule has 2 aromatic heterocycles. The molecule has 3 aliphatic heterocycles. The summed E-state index contributed by atoms with van der Waals surface area (Å²) in [5.74, 6) is -2.46. The van der Waals surface area contributed by atoms with Crippen LogP contribution in [0.25, 0.3) is 27.4 Å². The van der Waals surface area contributed by atoms with Gasteiger partial charge >= 0.3 is 6.36 Å². The highest BCUT2D eigenvalue weighted by atomic mass is 19.4. The molecule has 3 fully saturated rings. The van der Waals surface area contributed by atoms with Crippen molar-refractivity contribution in [2.75, 3.05) is 50.1 Å². The van der Waals surface area contributed by atoms with E-state index < -0.39 is 29.3 Å². The largest absolute Gasteiger partial charge is 0.573 e. The van der Waals surface area contributed by atoms with Gasteiger partial charge in [0.2, 0.25) is 29.0 Å². The molecule has 10 rings (SSSR count). The summed E-state index contributed by atoms with van der Waals surface area (Å²) in [5, 5.41) is 5.21. The molecule has 1 spiro atoms. The highest BCUT2D eigenvalue weighted by Gasteiger charge is 2.47. The lowest BCUT2D eigenvalue weighted by Gasteiger charge is -2.54. The van der Waals surface area contributed by atoms with Crippen LogP contribution < -0.4 is 39.9 Å². The Labute approximate surface area is 427 Å². The molecule has 4 aromatic carbocycles. The first kappa shape index (κ1) is 50.5. The van der Waals surface area contributed by atoms with Gasteiger partial charge in [-0.1, -0.05) is 12.1 Å². The van der Waals surface area contributed by atoms with Gasteiger partial charge in [0.25, 0.3) is 5.91 Å². The smallest absolute Gasteiger partial charge is 0.493 e. The number of halogens is 4. The van der Waals surface area contributed by atoms with E-state index in [0.29, 0.717) is 48.1 Å². The number of aryl methyl sites for hydroxylation is 1. The maximum Gasteiger partial charge on any atom is 0.573 e. The molecule has 75 heavy (non-hydrogen) atoms. The fraction of sp³-hybridized carbons (Fsp3) is 0.364. The van der Waals surface area contributed by atoms with E-state index in [9.17, 15) is 37.1 Å². The topological polar surface area (TPSA) is 184 Å². The van der Waals surface area contributed by atoms with Crippen molar-refractivity contribution >= 4 is 62.4 Å². The molecule has 0 saturated carbocycles. The van der Waals surface area contributed by atoms with Crippen molar-refractivity contribution in [2.24, 2.45) is 24.3 Å². The summed E-state index contributed by atoms with van der Waals surface area (Å²) in [5.41, 5.74) is 4.53. The fourth-order valence-corrected chi connectivity index (χ4v) is 11.1. The number of hydrogen-bond acceptors (Lipinski definition) is 12. The van der Waals surface area contributed by atoms with Crippen LogP contribution in [0.1, 0.15) is 72.6 Å². The van der Waals surface area contributed by atoms with Gasteiger partial charge in [0.05, 0.1) is 35.5 Å². The Morgan fingerprint density at radius 2 is 1.72 bits per heavy atom. The number of hydrogen-bond donors (Lipinski definition) is 2. The SMILES string of the molecule is C/C=C1\c2ccc(N3CCC4(CC3)CN(C(=O)CCCOc3cc5ncnc(Oc6ccc(NC(=O)c7c(C)n(C)c8ccc(OC(F)(F)F)cc8c7=O)cc6F)c5cc3OC)C4)cc2CC1C1CCC(=O)NC1=O. The molecule has 20 heteroatoms. The van der Waals surface area contributed by atoms with Crippen LogP contribution in [0.4, 0.5) is 28.9 Å². The van der Waals surface area contributed by atoms with Crippen molar-refractivity contribution in [1.29, 1.82) is 0 Å². The van der Waals surface area contributed by atoms with Gasteiger partial charge in [0.15, 0.2) is 23.1 Å². The Bertz CT molecular complexity index is 3400. The number of carbonyl (C=O) groups is 4. The summed E-state index contributed by atoms with van der Waals surface area (Å²) < 4.78 is 77.4. The van der Waals surface area contributed by atoms with Crippen LogP contribution >= 0.6 is 0 Å². The summed E-state index contributed by atoms with van der Waals surface area (Å²) in [6.07, 6.45) is 2.80. The van der Waals surface area contributed by atoms with Crippen LogP contribution in [0, 0.1) is 30.0 Å². The number of pyridine rings is 1. The van der Waals surface area contributed by atoms with Crippen LogP contribution in [0.15, 0.2) is 83.9 Å². The molecule has 0 radical (unpaired) electrons. The zero-order valence-corrected chi connectivity index (χ0v) is 41.6. The van der Waals surface area contributed by atoms with E-state index in [0.717, 1.165) is 63.6 Å². The maximum absolute atomic E-state index is 15.6. The minimum absolute atomic E-state index is 0.0126. The number of allylic oxidation sites excluding steroid dienone is 2. The van der Waals surface area contributed by atoms with Crippen molar-refractivity contribution in [3.63, 3.8) is 0 Å². The van der Waals surface area contributed by atoms with E-state index in [2.05, 4.69) is 54.5 Å². The average Bonchev–Trinajstić information content (AvgIpc) is 3.74. The van der Waals surface area contributed by atoms with Gasteiger partial charge in [-0.3, -0.25) is 29.3 Å². The van der Waals surface area contributed by atoms with E-state index in [1.807, 2.05) is 11.8 Å². The Kier molecular flexibility index (Phi) is 13.5. The number of fused-ring (bicyclic) bond motifs is 3. The number of aromatic nitrogens is 3. The normalized spacial score (nSPS) is 18.7. The molecule has 2 N–H and O–H groups in total. The lowest BCUT2D eigenvalue weighted by Crippen LogP contribution is -2.61. The highest BCUT2D eigenvalue weighted by molar-refractivity contribution is 6.07. The van der Waals surface area contributed by atoms with Crippen LogP contribution in [0.2, 0.25) is 0 Å². The zero-order valence-electron chi connectivity index (χ0n) is 41.6. The second-order valence-electron chi connectivity index (χ2n) is 19.6. The van der Waals surface area contributed by atoms with Gasteiger partial charge in [0, 0.05) is 86.6 Å². The van der Waals surface area contributed by atoms with E-state index in [1.165, 1.54) is 65.5 Å². The Balaban J connectivity index is 0.709. The second-order valence-corrected chi connectivity index (χ2v) is 19.6. The van der Waals surface area contributed by atoms with Crippen LogP contribution in [0.3, 0.4) is 0 Å². The minimum atomic E-state index is -5.00. The molecular weight excluding hydrogens is 979 g/mol. The number of amides is 4. The summed E-state index contributed by atoms with van der Waals surface area (Å²) in [6.45, 7) is 6.97. The molecule has 2 atom stereocenters. The maximum atomic E-state index is 15.6. The first-order chi connectivity index (χ1) is 35.9. The minimum Gasteiger partial charge on any atom is -0.493 e. The van der Waals surface area contributed by atoms with Gasteiger partial charge in [-0.15, -0.1) is 13.2 Å². The molecule has 1 aliphatic carbocycles. The standard InChI is InChI=1S/C55H53F4N7O9/c1-5-35-36-11-9-33(21-31(36)22-38(35)37-12-15-47(67)63-51(37)70)65-18-16-54(17-19-65)27-66(28-54)48(68)7-6-20-73-46-26-42-39(25-45(46)72-4)53(61-29-60-42)74-44-14-8-32(23-41(44)56)62-52(71)49-30(2)64(3)43-13-10-34(75-55(57,58)59)24-40(43)50(49)69/h5,8-11,13-14,21,23-26,29,37-38H,6-7,12,15-20,22,27-28H2,1-4H3,(H,62,71)(H,63,67,70)/b35-5+. The van der Waals surface area contributed by atoms with E-state index in [1.54, 1.807) is 19.2 Å². The fourth-order valence-electron chi connectivity index (χ4n) is 11.1. The quantitative estimate of drug-likeness (QED) is 0.0638. The summed E-state index contributed by atoms with van der Waals surface area (Å²) in [7, 11) is 3.00. The summed E-state index contributed by atoms with van der Waals surface area (Å²) in [6, 6.07) is 16.7. The number of anilines is 2. The molecule has 2 unspecified atom stereocenters. The molecule has 3 saturated heterocycles. The first-order valence-electron chi connectivity index (χ1n) is 24.7. The number of nitrogens with zero attached hydrogens (tertiary/aromatic N) is 5. The third-order valence-corrected chi connectivity index (χ3v) is 15.1. The van der Waals surface area contributed by atoms with Gasteiger partial charge in [-0.25, -0.2) is 14.4 Å². The molecule has 390 valence electrons. The third-order valence-electron chi connectivity index (χ3n) is 15.1. The van der Waals surface area contributed by atoms with Gasteiger partial charge in [-0.2, -0.15) is 0 Å². The predicted molar refractivity (Wildman–Crippen MR) is 269 cm³/mol. The number of methoxy groups -OCH3 is 1. The molecular formula is C55H53F4N7O9. The molecule has 16 nitrogen and oxygen atoms in total. The average molecular weight is 1030 g/mol. The number of imide groups is 1. The number of ether oxygens (including phenoxy) is 4. The summed E-state index contributed by atoms with van der Waals surface area (Å²) >= 11 is 0. The monoisotopic (exact) mass is 1030 g/mol. The van der Waals surface area contributed by atoms with Gasteiger partial charge in [0.1, 0.15) is 17.6 Å². The lowest BCUT2D eigenvalue weighted by atomic mass is 9.71. The molecule has 6 aromatic rings. The van der Waals surface area contributed by atoms with Crippen molar-refractivity contribution in [3.05, 3.63) is 118 Å². The Hall–Kier alpha value is -8.03. The van der Waals surface area contributed by atoms with E-state index in [-0.39, 0.29) is 81.1 Å². The Morgan fingerprint density at radius 1 is 0.933 bits per heavy atom. The molecule has 4 amide bonds. The predicted octanol–water partition coefficient (Wildman–Crippen LogP) is 8.80. The van der Waals surface area contributed by atoms with Gasteiger partial charge < -0.3 is 38.6 Å². The first-order valence-corrected chi connectivity index (χ1v) is 24.7. The van der Waals surface area contributed by atoms with Crippen molar-refractivity contribution in [1.82, 2.24) is 24.8 Å². The number of alkyl halides is 3. The third kappa shape index (κ3) is 10.0. The number of piperidine rings is 2. The summed E-state index contributed by atoms with van der Waals surface area (Å²) in [4.78, 5) is 77.7. The molecule has 0 bridgehead atoms. The van der Waals surface area contributed by atoms with Crippen molar-refractivity contribution in [2.45, 2.75) is 65.2 Å². The molecule has 4 aliphatic rings. The lowest BCUT2D eigenvalue weighted by molar-refractivity contribution is -0.274. The molecule has 5 heterocycles.